The number of ether oxygens (including phenoxy) is 1. The SMILES string of the molecule is COc1cccc(F)c1CN1CCCC2(CCNCC2)C1.Cl.Cl. The van der Waals surface area contributed by atoms with Gasteiger partial charge in [0.2, 0.25) is 0 Å². The van der Waals surface area contributed by atoms with E-state index in [9.17, 15) is 4.39 Å². The molecule has 2 fully saturated rings. The maximum atomic E-state index is 14.1. The van der Waals surface area contributed by atoms with E-state index < -0.39 is 0 Å². The maximum absolute atomic E-state index is 14.1. The van der Waals surface area contributed by atoms with Crippen LogP contribution in [0.5, 0.6) is 5.75 Å². The summed E-state index contributed by atoms with van der Waals surface area (Å²) in [5.41, 5.74) is 1.15. The van der Waals surface area contributed by atoms with E-state index in [1.807, 2.05) is 6.07 Å². The van der Waals surface area contributed by atoms with Gasteiger partial charge in [0.25, 0.3) is 0 Å². The molecule has 3 rings (SSSR count). The van der Waals surface area contributed by atoms with Gasteiger partial charge in [0, 0.05) is 18.7 Å². The summed E-state index contributed by atoms with van der Waals surface area (Å²) in [7, 11) is 1.61. The largest absolute Gasteiger partial charge is 0.496 e. The Morgan fingerprint density at radius 2 is 1.96 bits per heavy atom. The van der Waals surface area contributed by atoms with Gasteiger partial charge in [-0.3, -0.25) is 4.90 Å². The van der Waals surface area contributed by atoms with Crippen LogP contribution in [0.25, 0.3) is 0 Å². The summed E-state index contributed by atoms with van der Waals surface area (Å²) in [6.45, 7) is 5.05. The van der Waals surface area contributed by atoms with Crippen molar-refractivity contribution >= 4 is 24.8 Å². The molecule has 2 aliphatic rings. The van der Waals surface area contributed by atoms with E-state index in [-0.39, 0.29) is 30.6 Å². The van der Waals surface area contributed by atoms with Gasteiger partial charge in [-0.1, -0.05) is 6.07 Å². The third-order valence-electron chi connectivity index (χ3n) is 5.08. The first-order valence-corrected chi connectivity index (χ1v) is 7.97. The standard InChI is InChI=1S/C17H25FN2O.2ClH/c1-21-16-5-2-4-15(18)14(16)12-20-11-3-6-17(13-20)7-9-19-10-8-17;;/h2,4-5,19H,3,6-13H2,1H3;2*1H. The van der Waals surface area contributed by atoms with Gasteiger partial charge in [0.15, 0.2) is 0 Å². The van der Waals surface area contributed by atoms with Crippen LogP contribution in [-0.2, 0) is 6.54 Å². The van der Waals surface area contributed by atoms with E-state index in [1.54, 1.807) is 13.2 Å². The number of methoxy groups -OCH3 is 1. The minimum Gasteiger partial charge on any atom is -0.496 e. The van der Waals surface area contributed by atoms with Crippen molar-refractivity contribution in [2.75, 3.05) is 33.3 Å². The zero-order valence-electron chi connectivity index (χ0n) is 13.6. The Balaban J connectivity index is 0.00000132. The highest BCUT2D eigenvalue weighted by molar-refractivity contribution is 5.85. The second-order valence-corrected chi connectivity index (χ2v) is 6.48. The lowest BCUT2D eigenvalue weighted by Crippen LogP contribution is -2.48. The molecule has 3 nitrogen and oxygen atoms in total. The lowest BCUT2D eigenvalue weighted by Gasteiger charge is -2.45. The second-order valence-electron chi connectivity index (χ2n) is 6.48. The molecule has 2 aliphatic heterocycles. The quantitative estimate of drug-likeness (QED) is 0.885. The highest BCUT2D eigenvalue weighted by atomic mass is 35.5. The Kier molecular flexibility index (Phi) is 8.08. The highest BCUT2D eigenvalue weighted by Gasteiger charge is 2.36. The lowest BCUT2D eigenvalue weighted by atomic mass is 9.73. The summed E-state index contributed by atoms with van der Waals surface area (Å²) < 4.78 is 19.4. The summed E-state index contributed by atoms with van der Waals surface area (Å²) >= 11 is 0. The fraction of sp³-hybridized carbons (Fsp3) is 0.647. The van der Waals surface area contributed by atoms with Crippen molar-refractivity contribution < 1.29 is 9.13 Å². The molecule has 0 bridgehead atoms. The monoisotopic (exact) mass is 364 g/mol. The summed E-state index contributed by atoms with van der Waals surface area (Å²) in [6, 6.07) is 5.09. The van der Waals surface area contributed by atoms with Crippen molar-refractivity contribution in [1.29, 1.82) is 0 Å². The molecule has 1 aromatic rings. The van der Waals surface area contributed by atoms with E-state index >= 15 is 0 Å². The van der Waals surface area contributed by atoms with Crippen LogP contribution in [0, 0.1) is 11.2 Å². The summed E-state index contributed by atoms with van der Waals surface area (Å²) in [4.78, 5) is 2.41. The molecule has 0 aromatic heterocycles. The number of piperidine rings is 2. The van der Waals surface area contributed by atoms with Crippen LogP contribution < -0.4 is 10.1 Å². The van der Waals surface area contributed by atoms with E-state index in [1.165, 1.54) is 31.7 Å². The smallest absolute Gasteiger partial charge is 0.131 e. The van der Waals surface area contributed by atoms with Crippen LogP contribution in [-0.4, -0.2) is 38.2 Å². The van der Waals surface area contributed by atoms with Crippen molar-refractivity contribution in [1.82, 2.24) is 10.2 Å². The van der Waals surface area contributed by atoms with Crippen LogP contribution in [0.15, 0.2) is 18.2 Å². The average Bonchev–Trinajstić information content (AvgIpc) is 2.50. The Bertz CT molecular complexity index is 490. The van der Waals surface area contributed by atoms with Crippen LogP contribution >= 0.6 is 24.8 Å². The van der Waals surface area contributed by atoms with Crippen LogP contribution in [0.4, 0.5) is 4.39 Å². The molecule has 0 radical (unpaired) electrons. The molecule has 6 heteroatoms. The molecule has 2 saturated heterocycles. The number of hydrogen-bond acceptors (Lipinski definition) is 3. The van der Waals surface area contributed by atoms with Gasteiger partial charge in [-0.05, 0) is 62.9 Å². The topological polar surface area (TPSA) is 24.5 Å². The zero-order valence-corrected chi connectivity index (χ0v) is 15.3. The first kappa shape index (κ1) is 20.5. The normalized spacial score (nSPS) is 20.4. The van der Waals surface area contributed by atoms with E-state index in [0.717, 1.165) is 26.2 Å². The lowest BCUT2D eigenvalue weighted by molar-refractivity contribution is 0.0541. The molecule has 23 heavy (non-hydrogen) atoms. The minimum atomic E-state index is -0.153. The van der Waals surface area contributed by atoms with Gasteiger partial charge in [0.1, 0.15) is 11.6 Å². The first-order valence-electron chi connectivity index (χ1n) is 7.97. The van der Waals surface area contributed by atoms with Gasteiger partial charge in [-0.2, -0.15) is 0 Å². The van der Waals surface area contributed by atoms with Crippen molar-refractivity contribution in [3.05, 3.63) is 29.6 Å². The van der Waals surface area contributed by atoms with E-state index in [0.29, 0.717) is 23.3 Å². The molecule has 1 aromatic carbocycles. The molecule has 1 N–H and O–H groups in total. The summed E-state index contributed by atoms with van der Waals surface area (Å²) in [5.74, 6) is 0.513. The average molecular weight is 365 g/mol. The molecule has 0 aliphatic carbocycles. The minimum absolute atomic E-state index is 0. The molecular weight excluding hydrogens is 338 g/mol. The molecule has 132 valence electrons. The van der Waals surface area contributed by atoms with Gasteiger partial charge >= 0.3 is 0 Å². The van der Waals surface area contributed by atoms with Gasteiger partial charge in [0.05, 0.1) is 7.11 Å². The maximum Gasteiger partial charge on any atom is 0.131 e. The predicted octanol–water partition coefficient (Wildman–Crippen LogP) is 3.64. The molecule has 1 spiro atoms. The third kappa shape index (κ3) is 4.72. The number of nitrogens with zero attached hydrogens (tertiary/aromatic N) is 1. The first-order chi connectivity index (χ1) is 10.2. The molecule has 0 atom stereocenters. The van der Waals surface area contributed by atoms with Crippen molar-refractivity contribution in [2.24, 2.45) is 5.41 Å². The third-order valence-corrected chi connectivity index (χ3v) is 5.08. The molecular formula is C17H27Cl2FN2O. The molecule has 0 unspecified atom stereocenters. The Morgan fingerprint density at radius 1 is 1.22 bits per heavy atom. The van der Waals surface area contributed by atoms with E-state index in [2.05, 4.69) is 10.2 Å². The van der Waals surface area contributed by atoms with Crippen molar-refractivity contribution in [3.63, 3.8) is 0 Å². The Morgan fingerprint density at radius 3 is 2.65 bits per heavy atom. The number of rotatable bonds is 3. The van der Waals surface area contributed by atoms with Crippen LogP contribution in [0.1, 0.15) is 31.2 Å². The number of hydrogen-bond donors (Lipinski definition) is 1. The van der Waals surface area contributed by atoms with Gasteiger partial charge in [-0.25, -0.2) is 4.39 Å². The van der Waals surface area contributed by atoms with Gasteiger partial charge in [-0.15, -0.1) is 24.8 Å². The number of benzene rings is 1. The molecule has 2 heterocycles. The predicted molar refractivity (Wildman–Crippen MR) is 96.5 cm³/mol. The number of halogens is 3. The van der Waals surface area contributed by atoms with Crippen molar-refractivity contribution in [2.45, 2.75) is 32.2 Å². The van der Waals surface area contributed by atoms with Crippen LogP contribution in [0.3, 0.4) is 0 Å². The highest BCUT2D eigenvalue weighted by Crippen LogP contribution is 2.39. The zero-order chi connectivity index (χ0) is 14.7. The molecule has 0 saturated carbocycles. The van der Waals surface area contributed by atoms with Crippen LogP contribution in [0.2, 0.25) is 0 Å². The number of likely N-dealkylation sites (tertiary alicyclic amines) is 1. The van der Waals surface area contributed by atoms with Gasteiger partial charge < -0.3 is 10.1 Å². The summed E-state index contributed by atoms with van der Waals surface area (Å²) in [5, 5.41) is 3.45. The second kappa shape index (κ2) is 9.07. The van der Waals surface area contributed by atoms with E-state index in [4.69, 9.17) is 4.74 Å². The molecule has 0 amide bonds. The number of nitrogens with one attached hydrogen (secondary N) is 1. The van der Waals surface area contributed by atoms with Crippen molar-refractivity contribution in [3.8, 4) is 5.75 Å². The fourth-order valence-electron chi connectivity index (χ4n) is 3.92. The Hall–Kier alpha value is -0.550. The summed E-state index contributed by atoms with van der Waals surface area (Å²) in [6.07, 6.45) is 5.03. The Labute approximate surface area is 150 Å². The fourth-order valence-corrected chi connectivity index (χ4v) is 3.92.